The van der Waals surface area contributed by atoms with Crippen LogP contribution in [0.25, 0.3) is 5.69 Å². The Bertz CT molecular complexity index is 1550. The van der Waals surface area contributed by atoms with Crippen molar-refractivity contribution < 1.29 is 23.7 Å². The van der Waals surface area contributed by atoms with Gasteiger partial charge in [-0.3, -0.25) is 4.90 Å². The third-order valence-corrected chi connectivity index (χ3v) is 7.98. The van der Waals surface area contributed by atoms with Crippen LogP contribution in [0.15, 0.2) is 38.4 Å². The molecule has 2 aliphatic heterocycles. The summed E-state index contributed by atoms with van der Waals surface area (Å²) in [5.41, 5.74) is -2.94. The topological polar surface area (TPSA) is 154 Å². The van der Waals surface area contributed by atoms with Crippen molar-refractivity contribution in [2.45, 2.75) is 103 Å². The highest BCUT2D eigenvalue weighted by Crippen LogP contribution is 2.38. The maximum absolute atomic E-state index is 15.5. The van der Waals surface area contributed by atoms with E-state index in [0.717, 1.165) is 47.5 Å². The summed E-state index contributed by atoms with van der Waals surface area (Å²) >= 11 is 0. The zero-order valence-electron chi connectivity index (χ0n) is 27.9. The molecule has 2 atom stereocenters. The number of hydrogen-bond acceptors (Lipinski definition) is 9. The molecule has 3 heterocycles. The molecule has 0 unspecified atom stereocenters. The number of aromatic nitrogens is 4. The second-order valence-corrected chi connectivity index (χ2v) is 14.1. The molecule has 254 valence electrons. The molecule has 13 nitrogen and oxygen atoms in total. The van der Waals surface area contributed by atoms with Crippen LogP contribution in [0.1, 0.15) is 74.1 Å². The van der Waals surface area contributed by atoms with Crippen LogP contribution >= 0.6 is 0 Å². The molecule has 2 fully saturated rings. The fraction of sp³-hybridized carbons (Fsp3) is 0.645. The first-order valence-corrected chi connectivity index (χ1v) is 15.5. The summed E-state index contributed by atoms with van der Waals surface area (Å²) in [7, 11) is 1.40. The lowest BCUT2D eigenvalue weighted by molar-refractivity contribution is 0.0283. The number of allylic oxidation sites excluding steroid dienone is 2. The average molecular weight is 648 g/mol. The van der Waals surface area contributed by atoms with Crippen LogP contribution in [-0.4, -0.2) is 95.6 Å². The van der Waals surface area contributed by atoms with E-state index in [1.165, 1.54) is 47.2 Å². The van der Waals surface area contributed by atoms with Gasteiger partial charge in [0.15, 0.2) is 11.6 Å². The highest BCUT2D eigenvalue weighted by molar-refractivity contribution is 6.01. The Morgan fingerprint density at radius 1 is 1.22 bits per heavy atom. The normalized spacial score (nSPS) is 21.3. The summed E-state index contributed by atoms with van der Waals surface area (Å²) in [6.07, 6.45) is 5.09. The summed E-state index contributed by atoms with van der Waals surface area (Å²) in [4.78, 5) is 23.7. The first kappa shape index (κ1) is 35.2. The van der Waals surface area contributed by atoms with E-state index in [1.807, 2.05) is 0 Å². The smallest absolute Gasteiger partial charge is 0.368 e. The summed E-state index contributed by atoms with van der Waals surface area (Å²) in [5, 5.41) is 34.0. The minimum absolute atomic E-state index is 0.0110. The predicted octanol–water partition coefficient (Wildman–Crippen LogP) is 3.06. The SMILES string of the molecule is C\C(N[C@@H]1C[C@@H]2CCCN2C(C)(C)C1)=C(F)/C=N\C(=N\CC(C)(C)O)Nc1cc(-n2nnn(C)c2=O)c(OCC(C)(C)O)cc1F. The number of guanidine groups is 1. The van der Waals surface area contributed by atoms with Crippen molar-refractivity contribution >= 4 is 17.9 Å². The van der Waals surface area contributed by atoms with E-state index in [0.29, 0.717) is 11.7 Å². The van der Waals surface area contributed by atoms with Gasteiger partial charge in [-0.25, -0.2) is 23.6 Å². The lowest BCUT2D eigenvalue weighted by Gasteiger charge is -2.48. The number of rotatable bonds is 10. The summed E-state index contributed by atoms with van der Waals surface area (Å²) in [6.45, 7) is 13.0. The predicted molar refractivity (Wildman–Crippen MR) is 173 cm³/mol. The maximum Gasteiger partial charge on any atom is 0.368 e. The van der Waals surface area contributed by atoms with Crippen molar-refractivity contribution in [3.8, 4) is 11.4 Å². The van der Waals surface area contributed by atoms with E-state index in [-0.39, 0.29) is 47.8 Å². The van der Waals surface area contributed by atoms with Gasteiger partial charge in [0, 0.05) is 36.4 Å². The number of piperidine rings is 1. The highest BCUT2D eigenvalue weighted by Gasteiger charge is 2.42. The van der Waals surface area contributed by atoms with Gasteiger partial charge < -0.3 is 25.6 Å². The Balaban J connectivity index is 1.61. The minimum atomic E-state index is -1.25. The second kappa shape index (κ2) is 13.6. The molecule has 2 aromatic rings. The minimum Gasteiger partial charge on any atom is -0.488 e. The first-order valence-electron chi connectivity index (χ1n) is 15.5. The number of nitrogens with zero attached hydrogens (tertiary/aromatic N) is 7. The molecular formula is C31H47F2N9O4. The zero-order valence-corrected chi connectivity index (χ0v) is 27.9. The standard InChI is InChI=1S/C31H47F2N9O4/c1-19(36-20-12-21-10-9-11-41(21)29(2,3)15-20)23(33)16-34-27(35-17-30(4,5)44)37-24-14-25(42-28(43)40(8)38-39-42)26(13-22(24)32)46-18-31(6,7)45/h13-14,16,20-21,36,44-45H,9-12,15,17-18H2,1-8H3,(H,35,37)/b23-19-,34-16-/t20-,21+/m1/s1. The number of aliphatic hydroxyl groups is 2. The molecule has 4 rings (SSSR count). The van der Waals surface area contributed by atoms with E-state index in [1.54, 1.807) is 6.92 Å². The van der Waals surface area contributed by atoms with E-state index in [4.69, 9.17) is 4.74 Å². The van der Waals surface area contributed by atoms with E-state index >= 15 is 8.78 Å². The van der Waals surface area contributed by atoms with Crippen molar-refractivity contribution in [2.75, 3.05) is 25.0 Å². The van der Waals surface area contributed by atoms with Gasteiger partial charge in [-0.2, -0.15) is 9.36 Å². The average Bonchev–Trinajstić information content (AvgIpc) is 3.55. The number of ether oxygens (including phenoxy) is 1. The Labute approximate surface area is 268 Å². The molecule has 0 bridgehead atoms. The third kappa shape index (κ3) is 8.97. The third-order valence-electron chi connectivity index (χ3n) is 7.98. The molecule has 4 N–H and O–H groups in total. The number of benzene rings is 1. The maximum atomic E-state index is 15.5. The molecule has 0 amide bonds. The van der Waals surface area contributed by atoms with Gasteiger partial charge >= 0.3 is 5.69 Å². The quantitative estimate of drug-likeness (QED) is 0.225. The number of aliphatic imine (C=N–C) groups is 2. The molecule has 2 aliphatic rings. The number of hydrogen-bond donors (Lipinski definition) is 4. The fourth-order valence-electron chi connectivity index (χ4n) is 5.85. The van der Waals surface area contributed by atoms with Crippen LogP contribution in [0.2, 0.25) is 0 Å². The van der Waals surface area contributed by atoms with Crippen LogP contribution in [0.3, 0.4) is 0 Å². The number of tetrazole rings is 1. The van der Waals surface area contributed by atoms with Crippen molar-refractivity contribution in [1.29, 1.82) is 0 Å². The Morgan fingerprint density at radius 2 is 1.93 bits per heavy atom. The zero-order chi connectivity index (χ0) is 34.0. The van der Waals surface area contributed by atoms with Gasteiger partial charge in [-0.1, -0.05) is 0 Å². The first-order chi connectivity index (χ1) is 21.3. The summed E-state index contributed by atoms with van der Waals surface area (Å²) in [6, 6.07) is 2.84. The molecule has 46 heavy (non-hydrogen) atoms. The Kier molecular flexibility index (Phi) is 10.4. The van der Waals surface area contributed by atoms with Crippen molar-refractivity contribution in [2.24, 2.45) is 17.0 Å². The van der Waals surface area contributed by atoms with Gasteiger partial charge in [-0.05, 0) is 97.2 Å². The second-order valence-electron chi connectivity index (χ2n) is 14.1. The lowest BCUT2D eigenvalue weighted by atomic mass is 9.83. The van der Waals surface area contributed by atoms with Gasteiger partial charge in [0.25, 0.3) is 0 Å². The van der Waals surface area contributed by atoms with Gasteiger partial charge in [0.2, 0.25) is 5.96 Å². The highest BCUT2D eigenvalue weighted by atomic mass is 19.1. The van der Waals surface area contributed by atoms with Gasteiger partial charge in [-0.15, -0.1) is 0 Å². The van der Waals surface area contributed by atoms with E-state index in [2.05, 4.69) is 49.8 Å². The molecule has 1 aromatic heterocycles. The molecule has 0 radical (unpaired) electrons. The monoisotopic (exact) mass is 647 g/mol. The number of anilines is 1. The van der Waals surface area contributed by atoms with Crippen LogP contribution in [0.4, 0.5) is 14.5 Å². The number of nitrogens with one attached hydrogen (secondary N) is 2. The van der Waals surface area contributed by atoms with Gasteiger partial charge in [0.05, 0.1) is 29.6 Å². The molecule has 0 spiro atoms. The molecule has 1 aromatic carbocycles. The van der Waals surface area contributed by atoms with Gasteiger partial charge in [0.1, 0.15) is 18.0 Å². The van der Waals surface area contributed by atoms with Crippen LogP contribution < -0.4 is 21.1 Å². The van der Waals surface area contributed by atoms with E-state index < -0.39 is 28.5 Å². The van der Waals surface area contributed by atoms with E-state index in [9.17, 15) is 15.0 Å². The summed E-state index contributed by atoms with van der Waals surface area (Å²) in [5.74, 6) is -1.69. The Hall–Kier alpha value is -3.69. The van der Waals surface area contributed by atoms with Crippen LogP contribution in [0, 0.1) is 5.82 Å². The Morgan fingerprint density at radius 3 is 2.57 bits per heavy atom. The van der Waals surface area contributed by atoms with Crippen LogP contribution in [-0.2, 0) is 7.05 Å². The van der Waals surface area contributed by atoms with Crippen molar-refractivity contribution in [1.82, 2.24) is 30.0 Å². The molecule has 0 saturated carbocycles. The largest absolute Gasteiger partial charge is 0.488 e. The number of aryl methyl sites for hydroxylation is 1. The lowest BCUT2D eigenvalue weighted by Crippen LogP contribution is -2.56. The fourth-order valence-corrected chi connectivity index (χ4v) is 5.85. The summed E-state index contributed by atoms with van der Waals surface area (Å²) < 4.78 is 38.4. The molecular weight excluding hydrogens is 600 g/mol. The number of halogens is 2. The van der Waals surface area contributed by atoms with Crippen LogP contribution in [0.5, 0.6) is 5.75 Å². The van der Waals surface area contributed by atoms with Crippen molar-refractivity contribution in [3.05, 3.63) is 40.0 Å². The molecule has 0 aliphatic carbocycles. The number of fused-ring (bicyclic) bond motifs is 1. The molecule has 15 heteroatoms. The molecule has 2 saturated heterocycles. The van der Waals surface area contributed by atoms with Crippen molar-refractivity contribution in [3.63, 3.8) is 0 Å².